The maximum absolute atomic E-state index is 11.2. The van der Waals surface area contributed by atoms with E-state index in [0.29, 0.717) is 4.88 Å². The van der Waals surface area contributed by atoms with Gasteiger partial charge in [0.05, 0.1) is 7.11 Å². The van der Waals surface area contributed by atoms with Gasteiger partial charge in [0, 0.05) is 11.4 Å². The van der Waals surface area contributed by atoms with Crippen LogP contribution in [0.3, 0.4) is 0 Å². The van der Waals surface area contributed by atoms with Gasteiger partial charge in [-0.3, -0.25) is 0 Å². The van der Waals surface area contributed by atoms with Gasteiger partial charge in [0.25, 0.3) is 0 Å². The van der Waals surface area contributed by atoms with Crippen molar-refractivity contribution >= 4 is 17.3 Å². The third kappa shape index (κ3) is 2.56. The van der Waals surface area contributed by atoms with Crippen LogP contribution in [0.15, 0.2) is 6.07 Å². The van der Waals surface area contributed by atoms with Gasteiger partial charge in [-0.05, 0) is 32.6 Å². The first-order valence-corrected chi connectivity index (χ1v) is 5.18. The van der Waals surface area contributed by atoms with Crippen LogP contribution in [0.5, 0.6) is 0 Å². The molecule has 0 atom stereocenters. The Balaban J connectivity index is 2.87. The largest absolute Gasteiger partial charge is 0.465 e. The molecule has 0 saturated heterocycles. The summed E-state index contributed by atoms with van der Waals surface area (Å²) in [6, 6.07) is 1.88. The van der Waals surface area contributed by atoms with Gasteiger partial charge in [0.2, 0.25) is 0 Å². The lowest BCUT2D eigenvalue weighted by atomic mass is 10.2. The molecule has 0 N–H and O–H groups in total. The number of carbonyl (C=O) groups excluding carboxylic acids is 1. The summed E-state index contributed by atoms with van der Waals surface area (Å²) in [7, 11) is 5.43. The van der Waals surface area contributed by atoms with Crippen molar-refractivity contribution in [3.05, 3.63) is 21.4 Å². The molecular formula is C10H15NO2S. The van der Waals surface area contributed by atoms with E-state index in [1.54, 1.807) is 0 Å². The Morgan fingerprint density at radius 3 is 2.71 bits per heavy atom. The average Bonchev–Trinajstić information content (AvgIpc) is 2.46. The molecule has 0 amide bonds. The molecule has 0 spiro atoms. The van der Waals surface area contributed by atoms with Crippen molar-refractivity contribution < 1.29 is 9.53 Å². The molecule has 0 bridgehead atoms. The smallest absolute Gasteiger partial charge is 0.348 e. The number of thiophene rings is 1. The fourth-order valence-corrected chi connectivity index (χ4v) is 2.38. The molecule has 0 fully saturated rings. The lowest BCUT2D eigenvalue weighted by Gasteiger charge is -2.07. The molecule has 1 aromatic rings. The molecule has 0 aliphatic heterocycles. The number of aryl methyl sites for hydroxylation is 1. The van der Waals surface area contributed by atoms with Crippen LogP contribution in [-0.2, 0) is 11.3 Å². The van der Waals surface area contributed by atoms with Crippen LogP contribution >= 0.6 is 11.3 Å². The first kappa shape index (κ1) is 11.2. The second kappa shape index (κ2) is 4.57. The first-order valence-electron chi connectivity index (χ1n) is 4.37. The SMILES string of the molecule is COC(=O)c1cc(C)c(CN(C)C)s1. The predicted molar refractivity (Wildman–Crippen MR) is 57.8 cm³/mol. The number of methoxy groups -OCH3 is 1. The molecule has 4 heteroatoms. The fourth-order valence-electron chi connectivity index (χ4n) is 1.17. The monoisotopic (exact) mass is 213 g/mol. The summed E-state index contributed by atoms with van der Waals surface area (Å²) in [5, 5.41) is 0. The maximum Gasteiger partial charge on any atom is 0.348 e. The van der Waals surface area contributed by atoms with Crippen LogP contribution in [-0.4, -0.2) is 32.1 Å². The predicted octanol–water partition coefficient (Wildman–Crippen LogP) is 1.90. The zero-order valence-corrected chi connectivity index (χ0v) is 9.77. The highest BCUT2D eigenvalue weighted by Gasteiger charge is 2.12. The quantitative estimate of drug-likeness (QED) is 0.718. The zero-order chi connectivity index (χ0) is 10.7. The Labute approximate surface area is 88.3 Å². The molecular weight excluding hydrogens is 198 g/mol. The molecule has 0 aromatic carbocycles. The number of hydrogen-bond donors (Lipinski definition) is 0. The minimum absolute atomic E-state index is 0.247. The van der Waals surface area contributed by atoms with Crippen molar-refractivity contribution in [1.29, 1.82) is 0 Å². The van der Waals surface area contributed by atoms with E-state index < -0.39 is 0 Å². The topological polar surface area (TPSA) is 29.5 Å². The molecule has 1 heterocycles. The Morgan fingerprint density at radius 2 is 2.21 bits per heavy atom. The second-order valence-corrected chi connectivity index (χ2v) is 4.58. The van der Waals surface area contributed by atoms with Crippen molar-refractivity contribution in [1.82, 2.24) is 4.90 Å². The van der Waals surface area contributed by atoms with Crippen molar-refractivity contribution in [2.45, 2.75) is 13.5 Å². The summed E-state index contributed by atoms with van der Waals surface area (Å²) < 4.78 is 4.67. The molecule has 1 aromatic heterocycles. The van der Waals surface area contributed by atoms with E-state index >= 15 is 0 Å². The molecule has 0 aliphatic rings. The van der Waals surface area contributed by atoms with Gasteiger partial charge in [0.15, 0.2) is 0 Å². The Hall–Kier alpha value is -0.870. The normalized spacial score (nSPS) is 10.6. The number of ether oxygens (including phenoxy) is 1. The summed E-state index contributed by atoms with van der Waals surface area (Å²) in [5.74, 6) is -0.247. The average molecular weight is 213 g/mol. The van der Waals surface area contributed by atoms with Crippen molar-refractivity contribution in [2.75, 3.05) is 21.2 Å². The van der Waals surface area contributed by atoms with Crippen LogP contribution in [0.25, 0.3) is 0 Å². The van der Waals surface area contributed by atoms with Crippen LogP contribution in [0.1, 0.15) is 20.1 Å². The Kier molecular flexibility index (Phi) is 3.66. The summed E-state index contributed by atoms with van der Waals surface area (Å²) in [5.41, 5.74) is 1.16. The minimum Gasteiger partial charge on any atom is -0.465 e. The standard InChI is InChI=1S/C10H15NO2S/c1-7-5-8(10(12)13-4)14-9(7)6-11(2)3/h5H,6H2,1-4H3. The minimum atomic E-state index is -0.247. The van der Waals surface area contributed by atoms with Crippen LogP contribution in [0.4, 0.5) is 0 Å². The van der Waals surface area contributed by atoms with Gasteiger partial charge >= 0.3 is 5.97 Å². The van der Waals surface area contributed by atoms with Crippen LogP contribution in [0, 0.1) is 6.92 Å². The molecule has 0 aliphatic carbocycles. The van der Waals surface area contributed by atoms with Gasteiger partial charge in [-0.15, -0.1) is 11.3 Å². The fraction of sp³-hybridized carbons (Fsp3) is 0.500. The van der Waals surface area contributed by atoms with Gasteiger partial charge < -0.3 is 9.64 Å². The van der Waals surface area contributed by atoms with E-state index in [4.69, 9.17) is 0 Å². The highest BCUT2D eigenvalue weighted by atomic mass is 32.1. The van der Waals surface area contributed by atoms with Gasteiger partial charge in [-0.2, -0.15) is 0 Å². The highest BCUT2D eigenvalue weighted by molar-refractivity contribution is 7.14. The molecule has 78 valence electrons. The Morgan fingerprint density at radius 1 is 1.57 bits per heavy atom. The molecule has 0 saturated carbocycles. The lowest BCUT2D eigenvalue weighted by Crippen LogP contribution is -2.09. The second-order valence-electron chi connectivity index (χ2n) is 3.45. The van der Waals surface area contributed by atoms with Crippen molar-refractivity contribution in [3.8, 4) is 0 Å². The molecule has 1 rings (SSSR count). The first-order chi connectivity index (χ1) is 6.54. The van der Waals surface area contributed by atoms with Crippen molar-refractivity contribution in [2.24, 2.45) is 0 Å². The summed E-state index contributed by atoms with van der Waals surface area (Å²) >= 11 is 1.50. The number of rotatable bonds is 3. The highest BCUT2D eigenvalue weighted by Crippen LogP contribution is 2.23. The molecule has 14 heavy (non-hydrogen) atoms. The van der Waals surface area contributed by atoms with Gasteiger partial charge in [-0.25, -0.2) is 4.79 Å². The van der Waals surface area contributed by atoms with E-state index in [-0.39, 0.29) is 5.97 Å². The summed E-state index contributed by atoms with van der Waals surface area (Å²) in [6.07, 6.45) is 0. The maximum atomic E-state index is 11.2. The summed E-state index contributed by atoms with van der Waals surface area (Å²) in [4.78, 5) is 15.2. The Bertz CT molecular complexity index is 331. The van der Waals surface area contributed by atoms with Gasteiger partial charge in [-0.1, -0.05) is 0 Å². The van der Waals surface area contributed by atoms with Crippen LogP contribution in [0.2, 0.25) is 0 Å². The molecule has 3 nitrogen and oxygen atoms in total. The van der Waals surface area contributed by atoms with Crippen molar-refractivity contribution in [3.63, 3.8) is 0 Å². The number of carbonyl (C=O) groups is 1. The third-order valence-corrected chi connectivity index (χ3v) is 3.07. The van der Waals surface area contributed by atoms with E-state index in [1.165, 1.54) is 23.3 Å². The van der Waals surface area contributed by atoms with Crippen LogP contribution < -0.4 is 0 Å². The summed E-state index contributed by atoms with van der Waals surface area (Å²) in [6.45, 7) is 2.88. The number of hydrogen-bond acceptors (Lipinski definition) is 4. The van der Waals surface area contributed by atoms with E-state index in [0.717, 1.165) is 12.1 Å². The zero-order valence-electron chi connectivity index (χ0n) is 8.96. The molecule has 0 unspecified atom stereocenters. The number of esters is 1. The van der Waals surface area contributed by atoms with Gasteiger partial charge in [0.1, 0.15) is 4.88 Å². The van der Waals surface area contributed by atoms with E-state index in [2.05, 4.69) is 9.64 Å². The lowest BCUT2D eigenvalue weighted by molar-refractivity contribution is 0.0606. The molecule has 0 radical (unpaired) electrons. The third-order valence-electron chi connectivity index (χ3n) is 1.87. The number of nitrogens with zero attached hydrogens (tertiary/aromatic N) is 1. The van der Waals surface area contributed by atoms with E-state index in [1.807, 2.05) is 27.1 Å². The van der Waals surface area contributed by atoms with E-state index in [9.17, 15) is 4.79 Å².